The molecule has 1 aliphatic rings. The van der Waals surface area contributed by atoms with Crippen molar-refractivity contribution >= 4 is 0 Å². The van der Waals surface area contributed by atoms with Crippen molar-refractivity contribution < 1.29 is 9.47 Å². The smallest absolute Gasteiger partial charge is 0.109 e. The molecule has 0 saturated carbocycles. The van der Waals surface area contributed by atoms with Crippen molar-refractivity contribution in [2.75, 3.05) is 33.9 Å². The minimum absolute atomic E-state index is 0.384. The third-order valence-electron chi connectivity index (χ3n) is 5.36. The summed E-state index contributed by atoms with van der Waals surface area (Å²) in [6, 6.07) is 0.584. The van der Waals surface area contributed by atoms with E-state index >= 15 is 0 Å². The lowest BCUT2D eigenvalue weighted by molar-refractivity contribution is 0.134. The van der Waals surface area contributed by atoms with Crippen LogP contribution in [0.3, 0.4) is 0 Å². The maximum atomic E-state index is 5.89. The van der Waals surface area contributed by atoms with Gasteiger partial charge in [0.1, 0.15) is 6.61 Å². The zero-order valence-corrected chi connectivity index (χ0v) is 21.7. The van der Waals surface area contributed by atoms with Gasteiger partial charge in [-0.25, -0.2) is 0 Å². The van der Waals surface area contributed by atoms with E-state index < -0.39 is 0 Å². The van der Waals surface area contributed by atoms with Crippen LogP contribution in [-0.4, -0.2) is 50.9 Å². The van der Waals surface area contributed by atoms with Crippen LogP contribution in [-0.2, 0) is 9.47 Å². The molecular formula is C27H49N3O2. The predicted octanol–water partition coefficient (Wildman–Crippen LogP) is 5.23. The Bertz CT molecular complexity index is 591. The Kier molecular flexibility index (Phi) is 20.7. The minimum atomic E-state index is 0.384. The fraction of sp³-hybridized carbons (Fsp3) is 0.630. The van der Waals surface area contributed by atoms with Crippen LogP contribution in [0.5, 0.6) is 0 Å². The molecule has 3 N–H and O–H groups in total. The first kappa shape index (κ1) is 32.0. The number of rotatable bonds is 11. The highest BCUT2D eigenvalue weighted by molar-refractivity contribution is 5.16. The van der Waals surface area contributed by atoms with Gasteiger partial charge in [0.05, 0.1) is 11.9 Å². The quantitative estimate of drug-likeness (QED) is 0.258. The largest absolute Gasteiger partial charge is 0.494 e. The Balaban J connectivity index is 0. The van der Waals surface area contributed by atoms with Crippen molar-refractivity contribution in [2.45, 2.75) is 72.4 Å². The molecule has 184 valence electrons. The molecule has 32 heavy (non-hydrogen) atoms. The fourth-order valence-electron chi connectivity index (χ4n) is 2.82. The van der Waals surface area contributed by atoms with Gasteiger partial charge in [0, 0.05) is 38.4 Å². The van der Waals surface area contributed by atoms with Gasteiger partial charge in [0.15, 0.2) is 0 Å². The summed E-state index contributed by atoms with van der Waals surface area (Å²) in [6.07, 6.45) is 20.4. The number of hydrogen-bond donors (Lipinski definition) is 2. The number of terminal acetylenes is 1. The predicted molar refractivity (Wildman–Crippen MR) is 140 cm³/mol. The standard InChI is InChI=1S/C21H37N3O.C4H10O.C2H2/c1-6-19(4)24(5)15-18(3)23-13-9-11-21-14-17(2)20(16-25-21)10-7-8-12-22;1-4(2)5-3;1-2/h8,10-12,17,19,23H,3,6-7,9,13-16,22H2,1-2,4-5H3;4H,1-3H3;1-2H/b12-8+,20-10-,21-11+;;/t17?,19-;;/m0../s1. The van der Waals surface area contributed by atoms with Crippen molar-refractivity contribution in [1.29, 1.82) is 0 Å². The topological polar surface area (TPSA) is 59.8 Å². The van der Waals surface area contributed by atoms with Crippen molar-refractivity contribution in [3.8, 4) is 12.8 Å². The fourth-order valence-corrected chi connectivity index (χ4v) is 2.82. The van der Waals surface area contributed by atoms with Crippen molar-refractivity contribution in [1.82, 2.24) is 10.2 Å². The van der Waals surface area contributed by atoms with E-state index in [1.807, 2.05) is 19.9 Å². The molecule has 1 fully saturated rings. The Morgan fingerprint density at radius 1 is 1.34 bits per heavy atom. The van der Waals surface area contributed by atoms with Crippen molar-refractivity contribution in [2.24, 2.45) is 11.7 Å². The first-order valence-corrected chi connectivity index (χ1v) is 11.6. The van der Waals surface area contributed by atoms with E-state index in [2.05, 4.69) is 69.6 Å². The molecule has 1 saturated heterocycles. The molecular weight excluding hydrogens is 398 g/mol. The van der Waals surface area contributed by atoms with E-state index in [9.17, 15) is 0 Å². The average molecular weight is 448 g/mol. The van der Waals surface area contributed by atoms with Crippen LogP contribution in [0, 0.1) is 18.8 Å². The molecule has 1 rings (SSSR count). The number of ether oxygens (including phenoxy) is 2. The highest BCUT2D eigenvalue weighted by atomic mass is 16.5. The third-order valence-corrected chi connectivity index (χ3v) is 5.36. The summed E-state index contributed by atoms with van der Waals surface area (Å²) in [4.78, 5) is 2.33. The van der Waals surface area contributed by atoms with Gasteiger partial charge in [-0.05, 0) is 70.8 Å². The third kappa shape index (κ3) is 16.5. The van der Waals surface area contributed by atoms with Gasteiger partial charge in [-0.2, -0.15) is 0 Å². The van der Waals surface area contributed by atoms with Crippen molar-refractivity contribution in [3.05, 3.63) is 48.0 Å². The first-order valence-electron chi connectivity index (χ1n) is 11.6. The van der Waals surface area contributed by atoms with Gasteiger partial charge in [-0.15, -0.1) is 12.8 Å². The summed E-state index contributed by atoms with van der Waals surface area (Å²) in [7, 11) is 3.85. The molecule has 2 atom stereocenters. The number of hydrogen-bond acceptors (Lipinski definition) is 5. The van der Waals surface area contributed by atoms with Gasteiger partial charge in [-0.1, -0.05) is 32.6 Å². The summed E-state index contributed by atoms with van der Waals surface area (Å²) >= 11 is 0. The summed E-state index contributed by atoms with van der Waals surface area (Å²) in [5.41, 5.74) is 7.82. The second kappa shape index (κ2) is 20.7. The van der Waals surface area contributed by atoms with Crippen molar-refractivity contribution in [3.63, 3.8) is 0 Å². The normalized spacial score (nSPS) is 19.2. The highest BCUT2D eigenvalue weighted by Crippen LogP contribution is 2.27. The number of nitrogens with one attached hydrogen (secondary N) is 1. The molecule has 5 nitrogen and oxygen atoms in total. The van der Waals surface area contributed by atoms with Gasteiger partial charge in [-0.3, -0.25) is 4.90 Å². The second-order valence-electron chi connectivity index (χ2n) is 8.28. The number of allylic oxidation sites excluding steroid dienone is 3. The lowest BCUT2D eigenvalue weighted by Crippen LogP contribution is -2.33. The van der Waals surface area contributed by atoms with Crippen LogP contribution >= 0.6 is 0 Å². The summed E-state index contributed by atoms with van der Waals surface area (Å²) < 4.78 is 10.6. The van der Waals surface area contributed by atoms with Crippen LogP contribution < -0.4 is 11.1 Å². The average Bonchev–Trinajstić information content (AvgIpc) is 2.79. The van der Waals surface area contributed by atoms with Gasteiger partial charge in [0.2, 0.25) is 0 Å². The summed E-state index contributed by atoms with van der Waals surface area (Å²) in [5.74, 6) is 1.65. The van der Waals surface area contributed by atoms with Crippen LogP contribution in [0.1, 0.15) is 60.3 Å². The van der Waals surface area contributed by atoms with E-state index in [0.29, 0.717) is 24.7 Å². The Hall–Kier alpha value is -2.16. The molecule has 1 heterocycles. The first-order chi connectivity index (χ1) is 15.2. The summed E-state index contributed by atoms with van der Waals surface area (Å²) in [5, 5.41) is 3.42. The molecule has 0 spiro atoms. The maximum absolute atomic E-state index is 5.89. The highest BCUT2D eigenvalue weighted by Gasteiger charge is 2.18. The lowest BCUT2D eigenvalue weighted by Gasteiger charge is -2.26. The Morgan fingerprint density at radius 3 is 2.47 bits per heavy atom. The van der Waals surface area contributed by atoms with E-state index in [-0.39, 0.29) is 0 Å². The molecule has 0 aromatic heterocycles. The molecule has 1 aliphatic heterocycles. The van der Waals surface area contributed by atoms with E-state index in [4.69, 9.17) is 15.2 Å². The zero-order valence-electron chi connectivity index (χ0n) is 21.7. The van der Waals surface area contributed by atoms with E-state index in [1.165, 1.54) is 5.57 Å². The Labute approximate surface area is 198 Å². The molecule has 0 aromatic carbocycles. The van der Waals surface area contributed by atoms with Gasteiger partial charge >= 0.3 is 0 Å². The number of methoxy groups -OCH3 is 1. The van der Waals surface area contributed by atoms with Gasteiger partial charge < -0.3 is 20.5 Å². The van der Waals surface area contributed by atoms with Gasteiger partial charge in [0.25, 0.3) is 0 Å². The maximum Gasteiger partial charge on any atom is 0.109 e. The summed E-state index contributed by atoms with van der Waals surface area (Å²) in [6.45, 7) is 17.3. The number of likely N-dealkylation sites (N-methyl/N-ethyl adjacent to an activating group) is 1. The number of nitrogens with zero attached hydrogens (tertiary/aromatic N) is 1. The van der Waals surface area contributed by atoms with Crippen LogP contribution in [0.25, 0.3) is 0 Å². The van der Waals surface area contributed by atoms with Crippen LogP contribution in [0.4, 0.5) is 0 Å². The van der Waals surface area contributed by atoms with Crippen LogP contribution in [0.2, 0.25) is 0 Å². The molecule has 1 unspecified atom stereocenters. The molecule has 0 aliphatic carbocycles. The van der Waals surface area contributed by atoms with Crippen LogP contribution in [0.15, 0.2) is 48.0 Å². The molecule has 0 aromatic rings. The van der Waals surface area contributed by atoms with E-state index in [0.717, 1.165) is 50.2 Å². The van der Waals surface area contributed by atoms with E-state index in [1.54, 1.807) is 13.3 Å². The lowest BCUT2D eigenvalue weighted by atomic mass is 9.93. The molecule has 5 heteroatoms. The molecule has 0 bridgehead atoms. The second-order valence-corrected chi connectivity index (χ2v) is 8.28. The zero-order chi connectivity index (χ0) is 24.9. The SMILES string of the molecule is C#C.C=C(CN(C)[C@@H](C)CC)NCC/C=C1\CC(C)/C(=C\C/C=C/N)CO1.COC(C)C. The molecule has 0 amide bonds. The minimum Gasteiger partial charge on any atom is -0.494 e. The Morgan fingerprint density at radius 2 is 1.97 bits per heavy atom. The number of nitrogens with two attached hydrogens (primary N) is 1. The monoisotopic (exact) mass is 447 g/mol. The molecule has 0 radical (unpaired) electrons.